The van der Waals surface area contributed by atoms with Crippen molar-refractivity contribution in [3.8, 4) is 0 Å². The molecule has 0 fully saturated rings. The number of hydrogen-bond acceptors (Lipinski definition) is 8. The van der Waals surface area contributed by atoms with E-state index in [-0.39, 0.29) is 32.6 Å². The van der Waals surface area contributed by atoms with Crippen molar-refractivity contribution in [2.45, 2.75) is 142 Å². The second-order valence-electron chi connectivity index (χ2n) is 10.3. The van der Waals surface area contributed by atoms with Crippen LogP contribution in [0, 0.1) is 0 Å². The molecular formula is C30H58NO8P. The highest BCUT2D eigenvalue weighted by molar-refractivity contribution is 7.47. The van der Waals surface area contributed by atoms with E-state index >= 15 is 0 Å². The van der Waals surface area contributed by atoms with Crippen LogP contribution >= 0.6 is 7.82 Å². The number of rotatable bonds is 29. The summed E-state index contributed by atoms with van der Waals surface area (Å²) in [6.07, 6.45) is 22.7. The van der Waals surface area contributed by atoms with Crippen molar-refractivity contribution in [1.29, 1.82) is 0 Å². The van der Waals surface area contributed by atoms with Gasteiger partial charge in [-0.25, -0.2) is 4.57 Å². The first-order valence-electron chi connectivity index (χ1n) is 15.7. The normalized spacial score (nSPS) is 13.8. The number of phosphoric acid groups is 1. The van der Waals surface area contributed by atoms with E-state index in [1.165, 1.54) is 44.9 Å². The van der Waals surface area contributed by atoms with Crippen molar-refractivity contribution in [3.05, 3.63) is 12.2 Å². The van der Waals surface area contributed by atoms with Crippen LogP contribution in [0.1, 0.15) is 136 Å². The molecule has 3 N–H and O–H groups in total. The zero-order valence-corrected chi connectivity index (χ0v) is 26.2. The smallest absolute Gasteiger partial charge is 0.462 e. The summed E-state index contributed by atoms with van der Waals surface area (Å²) in [7, 11) is -4.35. The summed E-state index contributed by atoms with van der Waals surface area (Å²) >= 11 is 0. The second-order valence-corrected chi connectivity index (χ2v) is 11.8. The van der Waals surface area contributed by atoms with E-state index in [0.717, 1.165) is 57.8 Å². The molecule has 0 aromatic rings. The van der Waals surface area contributed by atoms with Crippen molar-refractivity contribution >= 4 is 19.8 Å². The maximum atomic E-state index is 12.4. The lowest BCUT2D eigenvalue weighted by molar-refractivity contribution is -0.161. The number of hydrogen-bond donors (Lipinski definition) is 2. The van der Waals surface area contributed by atoms with E-state index in [2.05, 4.69) is 26.0 Å². The van der Waals surface area contributed by atoms with Gasteiger partial charge in [-0.2, -0.15) is 0 Å². The molecular weight excluding hydrogens is 533 g/mol. The molecule has 0 amide bonds. The molecule has 0 radical (unpaired) electrons. The third kappa shape index (κ3) is 26.9. The number of allylic oxidation sites excluding steroid dienone is 2. The number of esters is 2. The van der Waals surface area contributed by atoms with Crippen LogP contribution in [0.2, 0.25) is 0 Å². The number of ether oxygens (including phenoxy) is 2. The average Bonchev–Trinajstić information content (AvgIpc) is 2.93. The fourth-order valence-corrected chi connectivity index (χ4v) is 4.80. The maximum absolute atomic E-state index is 12.4. The lowest BCUT2D eigenvalue weighted by Gasteiger charge is -2.19. The standard InChI is InChI=1S/C30H58NO8P/c1-3-5-7-9-11-12-13-14-15-16-17-19-21-23-30(33)39-28(27-38-40(34,35)37-25-24-31)26-36-29(32)22-20-18-10-8-6-4-2/h12-13,28H,3-11,14-27,31H2,1-2H3,(H,34,35)/b13-12-. The van der Waals surface area contributed by atoms with Gasteiger partial charge in [0.05, 0.1) is 13.2 Å². The topological polar surface area (TPSA) is 134 Å². The molecule has 0 rings (SSSR count). The van der Waals surface area contributed by atoms with E-state index in [0.29, 0.717) is 6.42 Å². The molecule has 2 unspecified atom stereocenters. The van der Waals surface area contributed by atoms with E-state index in [1.807, 2.05) is 0 Å². The molecule has 2 atom stereocenters. The molecule has 0 spiro atoms. The van der Waals surface area contributed by atoms with Crippen molar-refractivity contribution in [3.63, 3.8) is 0 Å². The van der Waals surface area contributed by atoms with Gasteiger partial charge in [0.15, 0.2) is 6.10 Å². The van der Waals surface area contributed by atoms with Crippen molar-refractivity contribution in [2.75, 3.05) is 26.4 Å². The summed E-state index contributed by atoms with van der Waals surface area (Å²) in [6.45, 7) is 3.60. The van der Waals surface area contributed by atoms with Gasteiger partial charge in [0.25, 0.3) is 0 Å². The third-order valence-corrected chi connectivity index (χ3v) is 7.39. The summed E-state index contributed by atoms with van der Waals surface area (Å²) in [6, 6.07) is 0. The molecule has 0 heterocycles. The fourth-order valence-electron chi connectivity index (χ4n) is 4.04. The molecule has 0 aliphatic rings. The van der Waals surface area contributed by atoms with E-state index in [9.17, 15) is 19.0 Å². The first-order valence-corrected chi connectivity index (χ1v) is 17.2. The minimum absolute atomic E-state index is 0.0538. The molecule has 40 heavy (non-hydrogen) atoms. The lowest BCUT2D eigenvalue weighted by atomic mass is 10.1. The highest BCUT2D eigenvalue weighted by Gasteiger charge is 2.25. The van der Waals surface area contributed by atoms with Gasteiger partial charge in [0, 0.05) is 19.4 Å². The van der Waals surface area contributed by atoms with Crippen LogP contribution in [0.5, 0.6) is 0 Å². The molecule has 236 valence electrons. The van der Waals surface area contributed by atoms with Gasteiger partial charge in [-0.05, 0) is 38.5 Å². The largest absolute Gasteiger partial charge is 0.472 e. The van der Waals surface area contributed by atoms with Gasteiger partial charge >= 0.3 is 19.8 Å². The molecule has 10 heteroatoms. The Morgan fingerprint density at radius 1 is 0.725 bits per heavy atom. The molecule has 0 saturated carbocycles. The SMILES string of the molecule is CCCCCC/C=C\CCCCCCCC(=O)OC(COC(=O)CCCCCCCC)COP(=O)(O)OCCN. The van der Waals surface area contributed by atoms with Crippen LogP contribution < -0.4 is 5.73 Å². The van der Waals surface area contributed by atoms with E-state index < -0.39 is 32.5 Å². The van der Waals surface area contributed by atoms with E-state index in [4.69, 9.17) is 24.3 Å². The van der Waals surface area contributed by atoms with Gasteiger partial charge in [-0.1, -0.05) is 96.6 Å². The third-order valence-electron chi connectivity index (χ3n) is 6.40. The van der Waals surface area contributed by atoms with Crippen LogP contribution in [0.25, 0.3) is 0 Å². The van der Waals surface area contributed by atoms with Gasteiger partial charge in [-0.3, -0.25) is 18.6 Å². The summed E-state index contributed by atoms with van der Waals surface area (Å²) in [5.41, 5.74) is 5.29. The molecule has 0 saturated heterocycles. The number of unbranched alkanes of at least 4 members (excludes halogenated alkanes) is 14. The predicted octanol–water partition coefficient (Wildman–Crippen LogP) is 7.54. The number of phosphoric ester groups is 1. The van der Waals surface area contributed by atoms with Gasteiger partial charge < -0.3 is 20.1 Å². The summed E-state index contributed by atoms with van der Waals surface area (Å²) in [5, 5.41) is 0. The zero-order chi connectivity index (χ0) is 29.7. The lowest BCUT2D eigenvalue weighted by Crippen LogP contribution is -2.29. The van der Waals surface area contributed by atoms with Crippen molar-refractivity contribution in [1.82, 2.24) is 0 Å². The highest BCUT2D eigenvalue weighted by Crippen LogP contribution is 2.43. The Morgan fingerprint density at radius 2 is 1.23 bits per heavy atom. The molecule has 0 bridgehead atoms. The number of carbonyl (C=O) groups excluding carboxylic acids is 2. The number of carbonyl (C=O) groups is 2. The first-order chi connectivity index (χ1) is 19.3. The Labute approximate surface area is 243 Å². The summed E-state index contributed by atoms with van der Waals surface area (Å²) < 4.78 is 32.3. The minimum atomic E-state index is -4.35. The number of nitrogens with two attached hydrogens (primary N) is 1. The molecule has 0 aliphatic carbocycles. The Bertz CT molecular complexity index is 689. The molecule has 0 aromatic heterocycles. The zero-order valence-electron chi connectivity index (χ0n) is 25.3. The van der Waals surface area contributed by atoms with Crippen molar-refractivity contribution in [2.24, 2.45) is 5.73 Å². The van der Waals surface area contributed by atoms with Crippen LogP contribution in [-0.2, 0) is 32.7 Å². The Balaban J connectivity index is 4.30. The first kappa shape index (κ1) is 38.8. The van der Waals surface area contributed by atoms with Crippen LogP contribution in [0.3, 0.4) is 0 Å². The predicted molar refractivity (Wildman–Crippen MR) is 160 cm³/mol. The molecule has 0 aromatic carbocycles. The van der Waals surface area contributed by atoms with Crippen LogP contribution in [-0.4, -0.2) is 49.3 Å². The monoisotopic (exact) mass is 591 g/mol. The molecule has 9 nitrogen and oxygen atoms in total. The molecule has 0 aliphatic heterocycles. The average molecular weight is 592 g/mol. The summed E-state index contributed by atoms with van der Waals surface area (Å²) in [5.74, 6) is -0.850. The quantitative estimate of drug-likeness (QED) is 0.0391. The van der Waals surface area contributed by atoms with Gasteiger partial charge in [-0.15, -0.1) is 0 Å². The highest BCUT2D eigenvalue weighted by atomic mass is 31.2. The minimum Gasteiger partial charge on any atom is -0.462 e. The maximum Gasteiger partial charge on any atom is 0.472 e. The van der Waals surface area contributed by atoms with Gasteiger partial charge in [0.1, 0.15) is 6.61 Å². The second kappa shape index (κ2) is 27.9. The Kier molecular flexibility index (Phi) is 27.0. The Hall–Kier alpha value is -1.25. The van der Waals surface area contributed by atoms with E-state index in [1.54, 1.807) is 0 Å². The Morgan fingerprint density at radius 3 is 1.80 bits per heavy atom. The van der Waals surface area contributed by atoms with Crippen molar-refractivity contribution < 1.29 is 37.6 Å². The van der Waals surface area contributed by atoms with Gasteiger partial charge in [0.2, 0.25) is 0 Å². The summed E-state index contributed by atoms with van der Waals surface area (Å²) in [4.78, 5) is 34.3. The van der Waals surface area contributed by atoms with Crippen LogP contribution in [0.4, 0.5) is 0 Å². The van der Waals surface area contributed by atoms with Crippen LogP contribution in [0.15, 0.2) is 12.2 Å². The fraction of sp³-hybridized carbons (Fsp3) is 0.867.